The molecule has 1 saturated heterocycles. The third-order valence-corrected chi connectivity index (χ3v) is 2.27. The highest BCUT2D eigenvalue weighted by molar-refractivity contribution is 4.74. The van der Waals surface area contributed by atoms with Crippen LogP contribution in [0.3, 0.4) is 0 Å². The molecule has 12 heavy (non-hydrogen) atoms. The molecule has 0 aromatic heterocycles. The fraction of sp³-hybridized carbons (Fsp3) is 1.00. The second-order valence-electron chi connectivity index (χ2n) is 3.98. The minimum absolute atomic E-state index is 0.328. The number of rotatable bonds is 2. The van der Waals surface area contributed by atoms with E-state index in [2.05, 4.69) is 20.8 Å². The zero-order chi connectivity index (χ0) is 9.19. The molecular weight excluding hydrogens is 152 g/mol. The summed E-state index contributed by atoms with van der Waals surface area (Å²) >= 11 is 0. The molecule has 1 fully saturated rings. The van der Waals surface area contributed by atoms with E-state index in [0.717, 1.165) is 19.3 Å². The van der Waals surface area contributed by atoms with Gasteiger partial charge in [0.2, 0.25) is 0 Å². The van der Waals surface area contributed by atoms with Gasteiger partial charge in [-0.25, -0.2) is 0 Å². The molecule has 1 heterocycles. The summed E-state index contributed by atoms with van der Waals surface area (Å²) in [7, 11) is 0. The van der Waals surface area contributed by atoms with Gasteiger partial charge in [0.25, 0.3) is 0 Å². The molecule has 2 atom stereocenters. The minimum Gasteiger partial charge on any atom is -0.347 e. The quantitative estimate of drug-likeness (QED) is 0.637. The average Bonchev–Trinajstić information content (AvgIpc) is 1.82. The maximum atomic E-state index is 5.76. The first-order valence-corrected chi connectivity index (χ1v) is 4.91. The molecule has 0 spiro atoms. The standard InChI is InChI=1S/C10H20O2/c1-5-6-10(4)11-8(2)7-9(3)12-10/h8-9H,5-7H2,1-4H3. The Morgan fingerprint density at radius 1 is 1.25 bits per heavy atom. The first-order chi connectivity index (χ1) is 5.56. The molecule has 2 nitrogen and oxygen atoms in total. The molecular formula is C10H20O2. The Labute approximate surface area is 75.2 Å². The van der Waals surface area contributed by atoms with Gasteiger partial charge in [0, 0.05) is 6.42 Å². The molecule has 0 radical (unpaired) electrons. The van der Waals surface area contributed by atoms with Crippen molar-refractivity contribution in [3.63, 3.8) is 0 Å². The van der Waals surface area contributed by atoms with Crippen LogP contribution in [0.2, 0.25) is 0 Å². The lowest BCUT2D eigenvalue weighted by molar-refractivity contribution is -0.304. The Bertz CT molecular complexity index is 135. The molecule has 0 amide bonds. The molecule has 0 aliphatic carbocycles. The lowest BCUT2D eigenvalue weighted by Crippen LogP contribution is -2.44. The van der Waals surface area contributed by atoms with E-state index in [1.165, 1.54) is 0 Å². The molecule has 2 heteroatoms. The van der Waals surface area contributed by atoms with Gasteiger partial charge in [-0.15, -0.1) is 0 Å². The summed E-state index contributed by atoms with van der Waals surface area (Å²) in [6, 6.07) is 0. The number of hydrogen-bond acceptors (Lipinski definition) is 2. The zero-order valence-electron chi connectivity index (χ0n) is 8.59. The highest BCUT2D eigenvalue weighted by Gasteiger charge is 2.34. The monoisotopic (exact) mass is 172 g/mol. The van der Waals surface area contributed by atoms with Crippen molar-refractivity contribution >= 4 is 0 Å². The molecule has 0 bridgehead atoms. The van der Waals surface area contributed by atoms with Gasteiger partial charge in [-0.3, -0.25) is 0 Å². The van der Waals surface area contributed by atoms with Crippen molar-refractivity contribution < 1.29 is 9.47 Å². The second kappa shape index (κ2) is 3.75. The van der Waals surface area contributed by atoms with Crippen LogP contribution in [0.15, 0.2) is 0 Å². The van der Waals surface area contributed by atoms with Crippen molar-refractivity contribution in [1.82, 2.24) is 0 Å². The number of ether oxygens (including phenoxy) is 2. The highest BCUT2D eigenvalue weighted by atomic mass is 16.7. The lowest BCUT2D eigenvalue weighted by atomic mass is 10.1. The van der Waals surface area contributed by atoms with E-state index in [9.17, 15) is 0 Å². The molecule has 0 saturated carbocycles. The van der Waals surface area contributed by atoms with Gasteiger partial charge in [-0.2, -0.15) is 0 Å². The van der Waals surface area contributed by atoms with Crippen LogP contribution in [0.4, 0.5) is 0 Å². The van der Waals surface area contributed by atoms with Crippen molar-refractivity contribution in [1.29, 1.82) is 0 Å². The molecule has 72 valence electrons. The van der Waals surface area contributed by atoms with E-state index in [-0.39, 0.29) is 5.79 Å². The van der Waals surface area contributed by atoms with E-state index in [1.807, 2.05) is 6.92 Å². The van der Waals surface area contributed by atoms with Crippen molar-refractivity contribution in [2.45, 2.75) is 65.0 Å². The normalized spacial score (nSPS) is 43.0. The van der Waals surface area contributed by atoms with Crippen LogP contribution in [0.5, 0.6) is 0 Å². The summed E-state index contributed by atoms with van der Waals surface area (Å²) in [6.07, 6.45) is 3.78. The van der Waals surface area contributed by atoms with E-state index >= 15 is 0 Å². The third-order valence-electron chi connectivity index (χ3n) is 2.27. The smallest absolute Gasteiger partial charge is 0.166 e. The first-order valence-electron chi connectivity index (χ1n) is 4.91. The summed E-state index contributed by atoms with van der Waals surface area (Å²) in [5, 5.41) is 0. The van der Waals surface area contributed by atoms with Crippen LogP contribution in [-0.4, -0.2) is 18.0 Å². The maximum absolute atomic E-state index is 5.76. The number of hydrogen-bond donors (Lipinski definition) is 0. The van der Waals surface area contributed by atoms with Crippen LogP contribution in [-0.2, 0) is 9.47 Å². The lowest BCUT2D eigenvalue weighted by Gasteiger charge is -2.40. The van der Waals surface area contributed by atoms with E-state index in [1.54, 1.807) is 0 Å². The van der Waals surface area contributed by atoms with Gasteiger partial charge in [0.05, 0.1) is 12.2 Å². The van der Waals surface area contributed by atoms with E-state index < -0.39 is 0 Å². The van der Waals surface area contributed by atoms with Gasteiger partial charge in [0.1, 0.15) is 0 Å². The molecule has 1 rings (SSSR count). The third kappa shape index (κ3) is 2.46. The summed E-state index contributed by atoms with van der Waals surface area (Å²) in [5.41, 5.74) is 0. The highest BCUT2D eigenvalue weighted by Crippen LogP contribution is 2.30. The van der Waals surface area contributed by atoms with Crippen LogP contribution in [0, 0.1) is 0 Å². The summed E-state index contributed by atoms with van der Waals surface area (Å²) < 4.78 is 11.5. The first kappa shape index (κ1) is 10.0. The largest absolute Gasteiger partial charge is 0.347 e. The Balaban J connectivity index is 2.52. The predicted molar refractivity (Wildman–Crippen MR) is 49.0 cm³/mol. The summed E-state index contributed by atoms with van der Waals surface area (Å²) in [5.74, 6) is -0.328. The average molecular weight is 172 g/mol. The molecule has 2 unspecified atom stereocenters. The second-order valence-corrected chi connectivity index (χ2v) is 3.98. The fourth-order valence-corrected chi connectivity index (χ4v) is 2.01. The Morgan fingerprint density at radius 3 is 2.17 bits per heavy atom. The van der Waals surface area contributed by atoms with E-state index in [0.29, 0.717) is 12.2 Å². The van der Waals surface area contributed by atoms with Crippen LogP contribution < -0.4 is 0 Å². The molecule has 1 aliphatic rings. The minimum atomic E-state index is -0.328. The molecule has 0 N–H and O–H groups in total. The molecule has 0 aromatic rings. The van der Waals surface area contributed by atoms with Crippen molar-refractivity contribution in [2.75, 3.05) is 0 Å². The van der Waals surface area contributed by atoms with Gasteiger partial charge in [0.15, 0.2) is 5.79 Å². The van der Waals surface area contributed by atoms with Crippen molar-refractivity contribution in [3.05, 3.63) is 0 Å². The van der Waals surface area contributed by atoms with Crippen LogP contribution >= 0.6 is 0 Å². The van der Waals surface area contributed by atoms with Crippen molar-refractivity contribution in [3.8, 4) is 0 Å². The van der Waals surface area contributed by atoms with Crippen LogP contribution in [0.1, 0.15) is 47.0 Å². The van der Waals surface area contributed by atoms with Gasteiger partial charge < -0.3 is 9.47 Å². The van der Waals surface area contributed by atoms with Gasteiger partial charge in [-0.05, 0) is 27.2 Å². The van der Waals surface area contributed by atoms with Gasteiger partial charge >= 0.3 is 0 Å². The Hall–Kier alpha value is -0.0800. The van der Waals surface area contributed by atoms with E-state index in [4.69, 9.17) is 9.47 Å². The fourth-order valence-electron chi connectivity index (χ4n) is 2.01. The zero-order valence-corrected chi connectivity index (χ0v) is 8.59. The molecule has 1 aliphatic heterocycles. The summed E-state index contributed by atoms with van der Waals surface area (Å²) in [6.45, 7) is 8.43. The topological polar surface area (TPSA) is 18.5 Å². The van der Waals surface area contributed by atoms with Gasteiger partial charge in [-0.1, -0.05) is 13.3 Å². The predicted octanol–water partition coefficient (Wildman–Crippen LogP) is 2.72. The molecule has 0 aromatic carbocycles. The summed E-state index contributed by atoms with van der Waals surface area (Å²) in [4.78, 5) is 0. The Kier molecular flexibility index (Phi) is 3.13. The van der Waals surface area contributed by atoms with Crippen LogP contribution in [0.25, 0.3) is 0 Å². The maximum Gasteiger partial charge on any atom is 0.166 e. The Morgan fingerprint density at radius 2 is 1.75 bits per heavy atom. The SMILES string of the molecule is CCCC1(C)OC(C)CC(C)O1. The van der Waals surface area contributed by atoms with Crippen molar-refractivity contribution in [2.24, 2.45) is 0 Å².